The molecule has 0 fully saturated rings. The predicted octanol–water partition coefficient (Wildman–Crippen LogP) is 0.447. The number of ether oxygens (including phenoxy) is 1. The van der Waals surface area contributed by atoms with Crippen molar-refractivity contribution in [3.8, 4) is 0 Å². The van der Waals surface area contributed by atoms with Gasteiger partial charge in [-0.25, -0.2) is 14.6 Å². The minimum absolute atomic E-state index is 0.149. The number of aromatic nitrogens is 5. The lowest BCUT2D eigenvalue weighted by Gasteiger charge is -2.21. The van der Waals surface area contributed by atoms with Crippen molar-refractivity contribution in [2.45, 2.75) is 58.5 Å². The number of aliphatic hydroxyl groups is 1. The Morgan fingerprint density at radius 2 is 2.10 bits per heavy atom. The van der Waals surface area contributed by atoms with Crippen LogP contribution in [0.2, 0.25) is 0 Å². The molecule has 12 nitrogen and oxygen atoms in total. The average Bonchev–Trinajstić information content (AvgIpc) is 3.27. The van der Waals surface area contributed by atoms with Gasteiger partial charge in [0, 0.05) is 18.4 Å². The van der Waals surface area contributed by atoms with E-state index in [4.69, 9.17) is 4.74 Å². The van der Waals surface area contributed by atoms with E-state index in [0.717, 1.165) is 0 Å². The minimum Gasteiger partial charge on any atom is -0.444 e. The number of nitrogens with zero attached hydrogens (tertiary/aromatic N) is 4. The first-order chi connectivity index (χ1) is 13.7. The Morgan fingerprint density at radius 3 is 2.72 bits per heavy atom. The number of carbonyl (C=O) groups is 2. The van der Waals surface area contributed by atoms with Crippen LogP contribution in [-0.4, -0.2) is 60.4 Å². The van der Waals surface area contributed by atoms with Crippen molar-refractivity contribution >= 4 is 12.1 Å². The van der Waals surface area contributed by atoms with E-state index in [9.17, 15) is 14.7 Å². The summed E-state index contributed by atoms with van der Waals surface area (Å²) >= 11 is 0. The van der Waals surface area contributed by atoms with Gasteiger partial charge in [0.05, 0.1) is 25.9 Å². The highest BCUT2D eigenvalue weighted by Gasteiger charge is 2.18. The first kappa shape index (κ1) is 22.1. The molecule has 5 N–H and O–H groups in total. The second-order valence-corrected chi connectivity index (χ2v) is 7.52. The zero-order chi connectivity index (χ0) is 21.4. The van der Waals surface area contributed by atoms with E-state index < -0.39 is 23.8 Å². The Morgan fingerprint density at radius 1 is 1.34 bits per heavy atom. The molecule has 29 heavy (non-hydrogen) atoms. The fourth-order valence-electron chi connectivity index (χ4n) is 2.39. The van der Waals surface area contributed by atoms with Crippen LogP contribution in [0.3, 0.4) is 0 Å². The maximum absolute atomic E-state index is 12.0. The number of aliphatic hydroxyl groups excluding tert-OH is 1. The van der Waals surface area contributed by atoms with E-state index in [2.05, 4.69) is 36.2 Å². The molecule has 0 radical (unpaired) electrons. The second-order valence-electron chi connectivity index (χ2n) is 7.52. The molecule has 160 valence electrons. The zero-order valence-electron chi connectivity index (χ0n) is 17.0. The van der Waals surface area contributed by atoms with Gasteiger partial charge in [0.15, 0.2) is 0 Å². The summed E-state index contributed by atoms with van der Waals surface area (Å²) in [4.78, 5) is 30.6. The third-order valence-electron chi connectivity index (χ3n) is 3.58. The highest BCUT2D eigenvalue weighted by Crippen LogP contribution is 2.07. The maximum Gasteiger partial charge on any atom is 0.407 e. The molecular formula is C17H28N8O4. The van der Waals surface area contributed by atoms with Gasteiger partial charge in [0.1, 0.15) is 23.2 Å². The molecule has 0 aromatic carbocycles. The summed E-state index contributed by atoms with van der Waals surface area (Å²) in [5, 5.41) is 25.3. The topological polar surface area (TPSA) is 159 Å². The lowest BCUT2D eigenvalue weighted by atomic mass is 10.2. The lowest BCUT2D eigenvalue weighted by Crippen LogP contribution is -2.39. The number of hydrogen-bond acceptors (Lipinski definition) is 7. The molecule has 3 amide bonds. The number of alkyl carbamates (subject to hydrolysis) is 1. The van der Waals surface area contributed by atoms with E-state index >= 15 is 0 Å². The summed E-state index contributed by atoms with van der Waals surface area (Å²) in [6, 6.07) is -1.34. The molecular weight excluding hydrogens is 380 g/mol. The van der Waals surface area contributed by atoms with Crippen molar-refractivity contribution in [3.63, 3.8) is 0 Å². The van der Waals surface area contributed by atoms with Crippen LogP contribution in [0, 0.1) is 0 Å². The number of nitrogens with one attached hydrogen (secondary N) is 4. The van der Waals surface area contributed by atoms with E-state index in [-0.39, 0.29) is 19.2 Å². The van der Waals surface area contributed by atoms with Gasteiger partial charge < -0.3 is 30.8 Å². The molecule has 0 aliphatic carbocycles. The Labute approximate surface area is 168 Å². The van der Waals surface area contributed by atoms with E-state index in [0.29, 0.717) is 18.1 Å². The number of imidazole rings is 1. The number of H-pyrrole nitrogens is 1. The summed E-state index contributed by atoms with van der Waals surface area (Å²) in [6.07, 6.45) is 4.31. The molecule has 12 heteroatoms. The Kier molecular flexibility index (Phi) is 7.53. The molecule has 0 aliphatic heterocycles. The van der Waals surface area contributed by atoms with Crippen LogP contribution in [0.5, 0.6) is 0 Å². The highest BCUT2D eigenvalue weighted by molar-refractivity contribution is 5.74. The van der Waals surface area contributed by atoms with Crippen LogP contribution in [0.15, 0.2) is 18.6 Å². The van der Waals surface area contributed by atoms with Gasteiger partial charge in [-0.15, -0.1) is 5.10 Å². The Bertz CT molecular complexity index is 784. The fourth-order valence-corrected chi connectivity index (χ4v) is 2.39. The smallest absolute Gasteiger partial charge is 0.407 e. The summed E-state index contributed by atoms with van der Waals surface area (Å²) in [5.41, 5.74) is -0.0224. The van der Waals surface area contributed by atoms with Crippen molar-refractivity contribution in [1.82, 2.24) is 40.9 Å². The molecule has 2 rings (SSSR count). The van der Waals surface area contributed by atoms with Crippen LogP contribution < -0.4 is 16.0 Å². The van der Waals surface area contributed by atoms with E-state index in [1.165, 1.54) is 6.20 Å². The van der Waals surface area contributed by atoms with Gasteiger partial charge in [-0.2, -0.15) is 0 Å². The van der Waals surface area contributed by atoms with Crippen LogP contribution in [-0.2, 0) is 17.8 Å². The monoisotopic (exact) mass is 408 g/mol. The molecule has 0 saturated heterocycles. The molecule has 1 unspecified atom stereocenters. The first-order valence-electron chi connectivity index (χ1n) is 9.19. The van der Waals surface area contributed by atoms with Crippen molar-refractivity contribution in [3.05, 3.63) is 30.1 Å². The Hall–Kier alpha value is -3.15. The SMILES string of the molecule is C[C@@H](Cn1cc(CNC(=O)NC(CO)c2ncc[nH]2)nn1)NC(=O)OC(C)(C)C. The second kappa shape index (κ2) is 9.87. The predicted molar refractivity (Wildman–Crippen MR) is 103 cm³/mol. The fraction of sp³-hybridized carbons (Fsp3) is 0.588. The number of rotatable bonds is 8. The maximum atomic E-state index is 12.0. The number of urea groups is 1. The van der Waals surface area contributed by atoms with Gasteiger partial charge in [0.25, 0.3) is 0 Å². The van der Waals surface area contributed by atoms with Crippen LogP contribution in [0.4, 0.5) is 9.59 Å². The third kappa shape index (κ3) is 7.78. The zero-order valence-corrected chi connectivity index (χ0v) is 17.0. The van der Waals surface area contributed by atoms with Crippen molar-refractivity contribution in [2.75, 3.05) is 6.61 Å². The molecule has 0 saturated carbocycles. The van der Waals surface area contributed by atoms with Crippen molar-refractivity contribution in [2.24, 2.45) is 0 Å². The molecule has 0 aliphatic rings. The summed E-state index contributed by atoms with van der Waals surface area (Å²) in [7, 11) is 0. The van der Waals surface area contributed by atoms with Crippen molar-refractivity contribution < 1.29 is 19.4 Å². The summed E-state index contributed by atoms with van der Waals surface area (Å²) < 4.78 is 6.78. The van der Waals surface area contributed by atoms with Gasteiger partial charge in [-0.1, -0.05) is 5.21 Å². The molecule has 0 spiro atoms. The summed E-state index contributed by atoms with van der Waals surface area (Å²) in [5.74, 6) is 0.458. The van der Waals surface area contributed by atoms with Crippen LogP contribution in [0.25, 0.3) is 0 Å². The van der Waals surface area contributed by atoms with Gasteiger partial charge >= 0.3 is 12.1 Å². The highest BCUT2D eigenvalue weighted by atomic mass is 16.6. The standard InChI is InChI=1S/C17H28N8O4/c1-11(21-16(28)29-17(2,3)4)8-25-9-12(23-24-25)7-20-15(27)22-13(10-26)14-18-5-6-19-14/h5-6,9,11,13,26H,7-8,10H2,1-4H3,(H,18,19)(H,21,28)(H2,20,22,27)/t11-,13?/m0/s1. The van der Waals surface area contributed by atoms with Crippen LogP contribution >= 0.6 is 0 Å². The molecule has 0 bridgehead atoms. The van der Waals surface area contributed by atoms with Crippen LogP contribution in [0.1, 0.15) is 45.3 Å². The number of aromatic amines is 1. The van der Waals surface area contributed by atoms with Gasteiger partial charge in [-0.3, -0.25) is 4.68 Å². The number of amides is 3. The van der Waals surface area contributed by atoms with Gasteiger partial charge in [-0.05, 0) is 27.7 Å². The quantitative estimate of drug-likeness (QED) is 0.424. The average molecular weight is 408 g/mol. The van der Waals surface area contributed by atoms with E-state index in [1.54, 1.807) is 37.8 Å². The molecule has 2 atom stereocenters. The largest absolute Gasteiger partial charge is 0.444 e. The number of carbonyl (C=O) groups excluding carboxylic acids is 2. The minimum atomic E-state index is -0.638. The normalized spacial score (nSPS) is 13.4. The van der Waals surface area contributed by atoms with Crippen molar-refractivity contribution in [1.29, 1.82) is 0 Å². The first-order valence-corrected chi connectivity index (χ1v) is 9.19. The number of hydrogen-bond donors (Lipinski definition) is 5. The summed E-state index contributed by atoms with van der Waals surface area (Å²) in [6.45, 7) is 7.45. The van der Waals surface area contributed by atoms with Gasteiger partial charge in [0.2, 0.25) is 0 Å². The molecule has 2 aromatic rings. The molecule has 2 aromatic heterocycles. The lowest BCUT2D eigenvalue weighted by molar-refractivity contribution is 0.0503. The Balaban J connectivity index is 1.76. The molecule has 2 heterocycles. The third-order valence-corrected chi connectivity index (χ3v) is 3.58. The van der Waals surface area contributed by atoms with E-state index in [1.807, 2.05) is 6.92 Å².